The van der Waals surface area contributed by atoms with Crippen molar-refractivity contribution >= 4 is 34.5 Å². The summed E-state index contributed by atoms with van der Waals surface area (Å²) in [5.74, 6) is 1.87. The van der Waals surface area contributed by atoms with Crippen LogP contribution in [0.15, 0.2) is 66.0 Å². The number of nitrogens with zero attached hydrogens (tertiary/aromatic N) is 5. The predicted molar refractivity (Wildman–Crippen MR) is 148 cm³/mol. The lowest BCUT2D eigenvalue weighted by Gasteiger charge is -2.28. The van der Waals surface area contributed by atoms with E-state index in [1.807, 2.05) is 41.2 Å². The second-order valence-electron chi connectivity index (χ2n) is 8.97. The molecule has 4 aromatic rings. The number of amides is 1. The smallest absolute Gasteiger partial charge is 0.224 e. The van der Waals surface area contributed by atoms with Crippen LogP contribution in [-0.4, -0.2) is 64.3 Å². The molecule has 192 valence electrons. The number of ether oxygens (including phenoxy) is 1. The molecule has 0 saturated carbocycles. The summed E-state index contributed by atoms with van der Waals surface area (Å²) in [6, 6.07) is 18.4. The summed E-state index contributed by atoms with van der Waals surface area (Å²) in [5, 5.41) is 9.32. The highest BCUT2D eigenvalue weighted by molar-refractivity contribution is 7.99. The molecule has 0 aliphatic carbocycles. The summed E-state index contributed by atoms with van der Waals surface area (Å²) < 4.78 is 7.39. The summed E-state index contributed by atoms with van der Waals surface area (Å²) in [6.07, 6.45) is 3.24. The monoisotopic (exact) mass is 516 g/mol. The van der Waals surface area contributed by atoms with E-state index in [2.05, 4.69) is 46.5 Å². The van der Waals surface area contributed by atoms with Gasteiger partial charge in [-0.05, 0) is 23.1 Å². The Bertz CT molecular complexity index is 1320. The van der Waals surface area contributed by atoms with E-state index >= 15 is 0 Å². The number of morpholine rings is 1. The first kappa shape index (κ1) is 25.2. The van der Waals surface area contributed by atoms with Crippen LogP contribution < -0.4 is 10.2 Å². The Morgan fingerprint density at radius 1 is 1.03 bits per heavy atom. The molecule has 0 radical (unpaired) electrons. The molecule has 8 nitrogen and oxygen atoms in total. The van der Waals surface area contributed by atoms with Crippen LogP contribution in [0.3, 0.4) is 0 Å². The van der Waals surface area contributed by atoms with E-state index < -0.39 is 0 Å². The van der Waals surface area contributed by atoms with Gasteiger partial charge in [0.05, 0.1) is 37.8 Å². The van der Waals surface area contributed by atoms with Crippen LogP contribution in [0.2, 0.25) is 0 Å². The Morgan fingerprint density at radius 3 is 2.54 bits per heavy atom. The molecule has 0 spiro atoms. The molecular formula is C28H32N6O2S. The van der Waals surface area contributed by atoms with Crippen LogP contribution in [0.5, 0.6) is 0 Å². The molecule has 9 heteroatoms. The molecule has 2 aromatic carbocycles. The normalized spacial score (nSPS) is 13.7. The highest BCUT2D eigenvalue weighted by Crippen LogP contribution is 2.28. The van der Waals surface area contributed by atoms with Crippen molar-refractivity contribution in [1.29, 1.82) is 0 Å². The lowest BCUT2D eigenvalue weighted by molar-refractivity contribution is -0.120. The van der Waals surface area contributed by atoms with Crippen molar-refractivity contribution in [3.63, 3.8) is 0 Å². The molecule has 0 bridgehead atoms. The van der Waals surface area contributed by atoms with Crippen LogP contribution in [0.4, 0.5) is 5.82 Å². The van der Waals surface area contributed by atoms with Crippen molar-refractivity contribution in [3.05, 3.63) is 66.4 Å². The summed E-state index contributed by atoms with van der Waals surface area (Å²) in [4.78, 5) is 24.5. The molecule has 3 heterocycles. The number of thioether (sulfide) groups is 1. The number of rotatable bonds is 10. The van der Waals surface area contributed by atoms with Gasteiger partial charge in [-0.2, -0.15) is 5.10 Å². The highest BCUT2D eigenvalue weighted by Gasteiger charge is 2.20. The summed E-state index contributed by atoms with van der Waals surface area (Å²) in [6.45, 7) is 6.16. The molecule has 5 rings (SSSR count). The summed E-state index contributed by atoms with van der Waals surface area (Å²) >= 11 is 1.66. The van der Waals surface area contributed by atoms with Gasteiger partial charge in [0.1, 0.15) is 5.82 Å². The molecule has 1 fully saturated rings. The number of anilines is 1. The van der Waals surface area contributed by atoms with Gasteiger partial charge in [0.25, 0.3) is 0 Å². The number of carbonyl (C=O) groups is 1. The number of carbonyl (C=O) groups excluding carboxylic acids is 1. The molecule has 37 heavy (non-hydrogen) atoms. The van der Waals surface area contributed by atoms with Crippen LogP contribution in [0.25, 0.3) is 22.2 Å². The number of benzene rings is 2. The van der Waals surface area contributed by atoms with Crippen LogP contribution in [0.1, 0.15) is 18.9 Å². The Hall–Kier alpha value is -3.43. The van der Waals surface area contributed by atoms with Crippen molar-refractivity contribution in [1.82, 2.24) is 25.1 Å². The third kappa shape index (κ3) is 6.29. The van der Waals surface area contributed by atoms with E-state index in [1.165, 1.54) is 5.56 Å². The van der Waals surface area contributed by atoms with Crippen molar-refractivity contribution in [2.75, 3.05) is 43.5 Å². The molecule has 1 aliphatic rings. The molecular weight excluding hydrogens is 484 g/mol. The third-order valence-electron chi connectivity index (χ3n) is 6.27. The molecule has 0 unspecified atom stereocenters. The zero-order valence-electron chi connectivity index (χ0n) is 21.1. The van der Waals surface area contributed by atoms with Gasteiger partial charge in [-0.15, -0.1) is 0 Å². The fourth-order valence-corrected chi connectivity index (χ4v) is 5.04. The second-order valence-corrected chi connectivity index (χ2v) is 10.0. The molecule has 0 atom stereocenters. The molecule has 2 aromatic heterocycles. The molecule has 1 amide bonds. The molecule has 1 aliphatic heterocycles. The lowest BCUT2D eigenvalue weighted by Crippen LogP contribution is -2.37. The number of nitrogens with one attached hydrogen (secondary N) is 1. The Morgan fingerprint density at radius 2 is 1.78 bits per heavy atom. The number of aromatic nitrogens is 4. The minimum absolute atomic E-state index is 0.00764. The van der Waals surface area contributed by atoms with Gasteiger partial charge < -0.3 is 15.0 Å². The van der Waals surface area contributed by atoms with Gasteiger partial charge in [-0.1, -0.05) is 73.3 Å². The van der Waals surface area contributed by atoms with E-state index in [4.69, 9.17) is 14.7 Å². The SMILES string of the molecule is CCCSc1nc(N2CCOCC2)c2cnn(CCNC(=O)Cc3ccc(-c4ccccc4)cc3)c2n1. The maximum atomic E-state index is 12.6. The Kier molecular flexibility index (Phi) is 8.32. The van der Waals surface area contributed by atoms with E-state index in [0.717, 1.165) is 58.4 Å². The number of hydrogen-bond acceptors (Lipinski definition) is 7. The van der Waals surface area contributed by atoms with Crippen molar-refractivity contribution in [2.24, 2.45) is 0 Å². The first-order chi connectivity index (χ1) is 18.2. The van der Waals surface area contributed by atoms with E-state index in [1.54, 1.807) is 11.8 Å². The Balaban J connectivity index is 1.22. The average molecular weight is 517 g/mol. The van der Waals surface area contributed by atoms with Gasteiger partial charge in [-0.25, -0.2) is 14.6 Å². The minimum Gasteiger partial charge on any atom is -0.378 e. The van der Waals surface area contributed by atoms with Gasteiger partial charge >= 0.3 is 0 Å². The number of fused-ring (bicyclic) bond motifs is 1. The van der Waals surface area contributed by atoms with Gasteiger partial charge in [-0.3, -0.25) is 4.79 Å². The van der Waals surface area contributed by atoms with E-state index in [-0.39, 0.29) is 5.91 Å². The summed E-state index contributed by atoms with van der Waals surface area (Å²) in [7, 11) is 0. The van der Waals surface area contributed by atoms with E-state index in [9.17, 15) is 4.79 Å². The maximum Gasteiger partial charge on any atom is 0.224 e. The van der Waals surface area contributed by atoms with Crippen LogP contribution >= 0.6 is 11.8 Å². The Labute approximate surface area is 221 Å². The van der Waals surface area contributed by atoms with Crippen molar-refractivity contribution in [2.45, 2.75) is 31.5 Å². The third-order valence-corrected chi connectivity index (χ3v) is 7.33. The summed E-state index contributed by atoms with van der Waals surface area (Å²) in [5.41, 5.74) is 4.11. The maximum absolute atomic E-state index is 12.6. The van der Waals surface area contributed by atoms with Gasteiger partial charge in [0, 0.05) is 25.4 Å². The average Bonchev–Trinajstić information content (AvgIpc) is 3.35. The van der Waals surface area contributed by atoms with Gasteiger partial charge in [0.15, 0.2) is 10.8 Å². The zero-order valence-corrected chi connectivity index (χ0v) is 21.9. The molecule has 1 saturated heterocycles. The fraction of sp³-hybridized carbons (Fsp3) is 0.357. The highest BCUT2D eigenvalue weighted by atomic mass is 32.2. The lowest BCUT2D eigenvalue weighted by atomic mass is 10.0. The molecule has 1 N–H and O–H groups in total. The van der Waals surface area contributed by atoms with Crippen LogP contribution in [0, 0.1) is 0 Å². The predicted octanol–water partition coefficient (Wildman–Crippen LogP) is 4.19. The van der Waals surface area contributed by atoms with Crippen molar-refractivity contribution < 1.29 is 9.53 Å². The standard InChI is InChI=1S/C28H32N6O2S/c1-2-18-37-28-31-26(33-14-16-36-17-15-33)24-20-30-34(27(24)32-28)13-12-29-25(35)19-21-8-10-23(11-9-21)22-6-4-3-5-7-22/h3-11,20H,2,12-19H2,1H3,(H,29,35). The topological polar surface area (TPSA) is 85.2 Å². The quantitative estimate of drug-likeness (QED) is 0.250. The van der Waals surface area contributed by atoms with Crippen LogP contribution in [-0.2, 0) is 22.5 Å². The zero-order chi connectivity index (χ0) is 25.5. The first-order valence-corrected chi connectivity index (χ1v) is 13.8. The minimum atomic E-state index is -0.00764. The second kappa shape index (κ2) is 12.2. The number of hydrogen-bond donors (Lipinski definition) is 1. The van der Waals surface area contributed by atoms with Gasteiger partial charge in [0.2, 0.25) is 5.91 Å². The van der Waals surface area contributed by atoms with E-state index in [0.29, 0.717) is 32.7 Å². The fourth-order valence-electron chi connectivity index (χ4n) is 4.35. The van der Waals surface area contributed by atoms with Crippen molar-refractivity contribution in [3.8, 4) is 11.1 Å². The first-order valence-electron chi connectivity index (χ1n) is 12.8. The largest absolute Gasteiger partial charge is 0.378 e.